The molecule has 0 aromatic heterocycles. The number of aryl methyl sites for hydroxylation is 1. The third-order valence-corrected chi connectivity index (χ3v) is 4.76. The van der Waals surface area contributed by atoms with E-state index in [1.165, 1.54) is 20.2 Å². The van der Waals surface area contributed by atoms with Crippen molar-refractivity contribution in [2.24, 2.45) is 0 Å². The van der Waals surface area contributed by atoms with Crippen molar-refractivity contribution in [2.45, 2.75) is 11.8 Å². The fourth-order valence-corrected chi connectivity index (χ4v) is 2.79. The third kappa shape index (κ3) is 4.66. The number of carbonyl (C=O) groups excluding carboxylic acids is 1. The van der Waals surface area contributed by atoms with Crippen LogP contribution >= 0.6 is 0 Å². The zero-order chi connectivity index (χ0) is 16.0. The van der Waals surface area contributed by atoms with Gasteiger partial charge in [0.15, 0.2) is 0 Å². The van der Waals surface area contributed by atoms with Crippen LogP contribution in [0.2, 0.25) is 0 Å². The largest absolute Gasteiger partial charge is 0.325 e. The molecule has 2 N–H and O–H groups in total. The summed E-state index contributed by atoms with van der Waals surface area (Å²) < 4.78 is 25.5. The highest BCUT2D eigenvalue weighted by molar-refractivity contribution is 7.89. The van der Waals surface area contributed by atoms with E-state index >= 15 is 0 Å². The average molecular weight is 311 g/mol. The molecule has 0 heterocycles. The summed E-state index contributed by atoms with van der Waals surface area (Å²) in [6, 6.07) is 4.81. The van der Waals surface area contributed by atoms with Gasteiger partial charge in [-0.15, -0.1) is 6.58 Å². The highest BCUT2D eigenvalue weighted by Crippen LogP contribution is 2.22. The number of hydrogen-bond donors (Lipinski definition) is 2. The molecule has 7 heteroatoms. The second-order valence-electron chi connectivity index (χ2n) is 4.74. The lowest BCUT2D eigenvalue weighted by atomic mass is 10.2. The highest BCUT2D eigenvalue weighted by atomic mass is 32.2. The quantitative estimate of drug-likeness (QED) is 0.581. The van der Waals surface area contributed by atoms with Crippen molar-refractivity contribution >= 4 is 21.6 Å². The van der Waals surface area contributed by atoms with Crippen LogP contribution in [0.3, 0.4) is 0 Å². The van der Waals surface area contributed by atoms with Gasteiger partial charge in [-0.2, -0.15) is 0 Å². The summed E-state index contributed by atoms with van der Waals surface area (Å²) in [5, 5.41) is 5.53. The van der Waals surface area contributed by atoms with Gasteiger partial charge < -0.3 is 10.6 Å². The molecule has 21 heavy (non-hydrogen) atoms. The van der Waals surface area contributed by atoms with Gasteiger partial charge >= 0.3 is 0 Å². The Balaban J connectivity index is 2.93. The molecule has 0 fully saturated rings. The predicted octanol–water partition coefficient (Wildman–Crippen LogP) is 0.959. The fraction of sp³-hybridized carbons (Fsp3) is 0.357. The number of nitrogens with one attached hydrogen (secondary N) is 2. The molecule has 0 saturated heterocycles. The molecule has 1 rings (SSSR count). The van der Waals surface area contributed by atoms with E-state index in [9.17, 15) is 13.2 Å². The molecule has 1 aromatic rings. The van der Waals surface area contributed by atoms with Gasteiger partial charge in [0.05, 0.1) is 11.4 Å². The van der Waals surface area contributed by atoms with Gasteiger partial charge in [0, 0.05) is 26.3 Å². The molecule has 116 valence electrons. The van der Waals surface area contributed by atoms with Crippen LogP contribution in [0.4, 0.5) is 5.69 Å². The average Bonchev–Trinajstić information content (AvgIpc) is 2.41. The minimum atomic E-state index is -3.53. The van der Waals surface area contributed by atoms with Crippen molar-refractivity contribution in [3.8, 4) is 0 Å². The second kappa shape index (κ2) is 7.35. The van der Waals surface area contributed by atoms with E-state index in [-0.39, 0.29) is 17.3 Å². The molecular formula is C14H21N3O3S. The number of amides is 1. The Morgan fingerprint density at radius 1 is 1.38 bits per heavy atom. The van der Waals surface area contributed by atoms with Gasteiger partial charge in [0.25, 0.3) is 0 Å². The molecule has 0 saturated carbocycles. The van der Waals surface area contributed by atoms with Crippen LogP contribution in [0.5, 0.6) is 0 Å². The van der Waals surface area contributed by atoms with E-state index in [0.717, 1.165) is 4.31 Å². The Bertz CT molecular complexity index is 624. The van der Waals surface area contributed by atoms with E-state index in [1.807, 2.05) is 0 Å². The zero-order valence-electron chi connectivity index (χ0n) is 12.5. The van der Waals surface area contributed by atoms with Crippen LogP contribution in [0.1, 0.15) is 5.56 Å². The van der Waals surface area contributed by atoms with Crippen LogP contribution in [-0.4, -0.2) is 45.8 Å². The van der Waals surface area contributed by atoms with Gasteiger partial charge in [-0.25, -0.2) is 12.7 Å². The summed E-state index contributed by atoms with van der Waals surface area (Å²) in [6.07, 6.45) is 1.65. The van der Waals surface area contributed by atoms with Crippen LogP contribution in [0.15, 0.2) is 35.7 Å². The first-order valence-corrected chi connectivity index (χ1v) is 7.87. The van der Waals surface area contributed by atoms with Crippen molar-refractivity contribution < 1.29 is 13.2 Å². The molecule has 0 aliphatic rings. The Hall–Kier alpha value is -1.70. The molecule has 0 atom stereocenters. The third-order valence-electron chi connectivity index (χ3n) is 2.80. The predicted molar refractivity (Wildman–Crippen MR) is 83.7 cm³/mol. The number of rotatable bonds is 7. The minimum absolute atomic E-state index is 0.135. The maximum atomic E-state index is 12.2. The van der Waals surface area contributed by atoms with Gasteiger partial charge in [0.2, 0.25) is 15.9 Å². The lowest BCUT2D eigenvalue weighted by molar-refractivity contribution is -0.115. The molecular weight excluding hydrogens is 290 g/mol. The van der Waals surface area contributed by atoms with Gasteiger partial charge in [-0.05, 0) is 24.6 Å². The standard InChI is InChI=1S/C14H21N3O3S/c1-5-8-15-10-14(18)16-12-7-6-11(2)13(9-12)21(19,20)17(3)4/h5-7,9,15H,1,8,10H2,2-4H3,(H,16,18). The summed E-state index contributed by atoms with van der Waals surface area (Å²) in [5.74, 6) is -0.242. The summed E-state index contributed by atoms with van der Waals surface area (Å²) in [7, 11) is -0.591. The Labute approximate surface area is 125 Å². The Morgan fingerprint density at radius 2 is 2.05 bits per heavy atom. The van der Waals surface area contributed by atoms with Crippen LogP contribution in [0, 0.1) is 6.92 Å². The van der Waals surface area contributed by atoms with Gasteiger partial charge in [-0.3, -0.25) is 4.79 Å². The molecule has 0 unspecified atom stereocenters. The number of nitrogens with zero attached hydrogens (tertiary/aromatic N) is 1. The van der Waals surface area contributed by atoms with Gasteiger partial charge in [-0.1, -0.05) is 12.1 Å². The SMILES string of the molecule is C=CCNCC(=O)Nc1ccc(C)c(S(=O)(=O)N(C)C)c1. The molecule has 1 amide bonds. The first kappa shape index (κ1) is 17.4. The molecule has 1 aromatic carbocycles. The van der Waals surface area contributed by atoms with Crippen molar-refractivity contribution in [3.63, 3.8) is 0 Å². The molecule has 0 radical (unpaired) electrons. The highest BCUT2D eigenvalue weighted by Gasteiger charge is 2.20. The van der Waals surface area contributed by atoms with Crippen molar-refractivity contribution in [2.75, 3.05) is 32.5 Å². The van der Waals surface area contributed by atoms with Crippen molar-refractivity contribution in [3.05, 3.63) is 36.4 Å². The molecule has 0 aliphatic heterocycles. The summed E-state index contributed by atoms with van der Waals surface area (Å²) in [5.41, 5.74) is 1.08. The minimum Gasteiger partial charge on any atom is -0.325 e. The maximum absolute atomic E-state index is 12.2. The summed E-state index contributed by atoms with van der Waals surface area (Å²) in [6.45, 7) is 5.92. The van der Waals surface area contributed by atoms with E-state index in [1.54, 1.807) is 25.1 Å². The van der Waals surface area contributed by atoms with Crippen LogP contribution in [-0.2, 0) is 14.8 Å². The Kier molecular flexibility index (Phi) is 6.07. The lowest BCUT2D eigenvalue weighted by Gasteiger charge is -2.15. The van der Waals surface area contributed by atoms with Gasteiger partial charge in [0.1, 0.15) is 0 Å². The number of benzene rings is 1. The fourth-order valence-electron chi connectivity index (χ4n) is 1.65. The zero-order valence-corrected chi connectivity index (χ0v) is 13.3. The lowest BCUT2D eigenvalue weighted by Crippen LogP contribution is -2.28. The van der Waals surface area contributed by atoms with Crippen molar-refractivity contribution in [1.29, 1.82) is 0 Å². The molecule has 0 bridgehead atoms. The molecule has 6 nitrogen and oxygen atoms in total. The van der Waals surface area contributed by atoms with Crippen LogP contribution in [0.25, 0.3) is 0 Å². The number of sulfonamides is 1. The van der Waals surface area contributed by atoms with E-state index in [0.29, 0.717) is 17.8 Å². The second-order valence-corrected chi connectivity index (χ2v) is 6.86. The summed E-state index contributed by atoms with van der Waals surface area (Å²) >= 11 is 0. The molecule has 0 spiro atoms. The van der Waals surface area contributed by atoms with E-state index in [4.69, 9.17) is 0 Å². The Morgan fingerprint density at radius 3 is 2.62 bits per heavy atom. The molecule has 0 aliphatic carbocycles. The smallest absolute Gasteiger partial charge is 0.242 e. The normalized spacial score (nSPS) is 11.4. The van der Waals surface area contributed by atoms with Crippen molar-refractivity contribution in [1.82, 2.24) is 9.62 Å². The number of hydrogen-bond acceptors (Lipinski definition) is 4. The van der Waals surface area contributed by atoms with Crippen LogP contribution < -0.4 is 10.6 Å². The van der Waals surface area contributed by atoms with E-state index < -0.39 is 10.0 Å². The monoisotopic (exact) mass is 311 g/mol. The summed E-state index contributed by atoms with van der Waals surface area (Å²) in [4.78, 5) is 11.9. The topological polar surface area (TPSA) is 78.5 Å². The first-order valence-electron chi connectivity index (χ1n) is 6.43. The number of carbonyl (C=O) groups is 1. The van der Waals surface area contributed by atoms with E-state index in [2.05, 4.69) is 17.2 Å². The first-order chi connectivity index (χ1) is 9.78. The maximum Gasteiger partial charge on any atom is 0.242 e. The number of anilines is 1.